The van der Waals surface area contributed by atoms with Crippen LogP contribution in [0.15, 0.2) is 46.0 Å². The van der Waals surface area contributed by atoms with E-state index in [4.69, 9.17) is 9.47 Å². The smallest absolute Gasteiger partial charge is 0.344 e. The van der Waals surface area contributed by atoms with Gasteiger partial charge in [-0.05, 0) is 83.7 Å². The van der Waals surface area contributed by atoms with Crippen LogP contribution in [-0.2, 0) is 19.1 Å². The van der Waals surface area contributed by atoms with Gasteiger partial charge in [0.2, 0.25) is 11.8 Å². The average molecular weight is 490 g/mol. The van der Waals surface area contributed by atoms with Gasteiger partial charge in [0.15, 0.2) is 6.61 Å². The Balaban J connectivity index is 1.82. The third kappa shape index (κ3) is 8.21. The van der Waals surface area contributed by atoms with E-state index < -0.39 is 17.8 Å². The van der Waals surface area contributed by atoms with E-state index in [1.165, 1.54) is 6.21 Å². The fourth-order valence-corrected chi connectivity index (χ4v) is 2.95. The van der Waals surface area contributed by atoms with Crippen LogP contribution in [0.3, 0.4) is 0 Å². The lowest BCUT2D eigenvalue weighted by Gasteiger charge is -2.08. The van der Waals surface area contributed by atoms with Gasteiger partial charge in [0.25, 0.3) is 0 Å². The van der Waals surface area contributed by atoms with Crippen LogP contribution in [0.1, 0.15) is 30.0 Å². The maximum Gasteiger partial charge on any atom is 0.344 e. The van der Waals surface area contributed by atoms with Crippen LogP contribution in [0.5, 0.6) is 5.75 Å². The summed E-state index contributed by atoms with van der Waals surface area (Å²) in [4.78, 5) is 35.3. The third-order valence-electron chi connectivity index (χ3n) is 4.12. The van der Waals surface area contributed by atoms with Crippen LogP contribution < -0.4 is 15.5 Å². The molecule has 0 aromatic heterocycles. The second-order valence-electron chi connectivity index (χ2n) is 6.60. The lowest BCUT2D eigenvalue weighted by molar-refractivity contribution is -0.145. The molecule has 9 heteroatoms. The number of nitrogens with one attached hydrogen (secondary N) is 2. The number of halogens is 1. The first kappa shape index (κ1) is 24.1. The summed E-state index contributed by atoms with van der Waals surface area (Å²) in [6.07, 6.45) is 1.08. The van der Waals surface area contributed by atoms with Gasteiger partial charge >= 0.3 is 5.97 Å². The molecule has 0 bridgehead atoms. The zero-order valence-corrected chi connectivity index (χ0v) is 19.1. The minimum atomic E-state index is -0.536. The molecular weight excluding hydrogens is 466 g/mol. The zero-order chi connectivity index (χ0) is 22.8. The number of hydrogen-bond acceptors (Lipinski definition) is 6. The number of hydrogen-bond donors (Lipinski definition) is 2. The molecule has 2 aromatic rings. The number of esters is 1. The lowest BCUT2D eigenvalue weighted by Crippen LogP contribution is -2.24. The van der Waals surface area contributed by atoms with Crippen LogP contribution >= 0.6 is 15.9 Å². The average Bonchev–Trinajstić information content (AvgIpc) is 2.70. The number of rotatable bonds is 9. The number of ether oxygens (including phenoxy) is 2. The van der Waals surface area contributed by atoms with Gasteiger partial charge in [-0.3, -0.25) is 9.59 Å². The van der Waals surface area contributed by atoms with Crippen molar-refractivity contribution < 1.29 is 23.9 Å². The number of benzene rings is 2. The van der Waals surface area contributed by atoms with Crippen molar-refractivity contribution in [2.45, 2.75) is 27.2 Å². The molecule has 0 unspecified atom stereocenters. The molecule has 0 radical (unpaired) electrons. The van der Waals surface area contributed by atoms with Crippen molar-refractivity contribution in [3.63, 3.8) is 0 Å². The van der Waals surface area contributed by atoms with E-state index in [2.05, 4.69) is 31.8 Å². The number of nitrogens with zero attached hydrogens (tertiary/aromatic N) is 1. The van der Waals surface area contributed by atoms with Crippen LogP contribution in [0, 0.1) is 13.8 Å². The molecule has 0 heterocycles. The van der Waals surface area contributed by atoms with Gasteiger partial charge < -0.3 is 14.8 Å². The molecule has 31 heavy (non-hydrogen) atoms. The Bertz CT molecular complexity index is 991. The van der Waals surface area contributed by atoms with E-state index in [1.807, 2.05) is 26.0 Å². The van der Waals surface area contributed by atoms with E-state index in [0.29, 0.717) is 21.5 Å². The molecule has 0 fully saturated rings. The molecule has 2 N–H and O–H groups in total. The van der Waals surface area contributed by atoms with E-state index in [-0.39, 0.29) is 19.6 Å². The zero-order valence-electron chi connectivity index (χ0n) is 17.5. The highest BCUT2D eigenvalue weighted by Gasteiger charge is 2.10. The summed E-state index contributed by atoms with van der Waals surface area (Å²) < 4.78 is 10.8. The van der Waals surface area contributed by atoms with E-state index in [9.17, 15) is 14.4 Å². The van der Waals surface area contributed by atoms with Crippen molar-refractivity contribution in [2.24, 2.45) is 5.10 Å². The molecule has 0 aliphatic heterocycles. The minimum Gasteiger partial charge on any atom is -0.481 e. The molecule has 2 aromatic carbocycles. The second-order valence-corrected chi connectivity index (χ2v) is 7.46. The van der Waals surface area contributed by atoms with Gasteiger partial charge in [-0.2, -0.15) is 5.10 Å². The van der Waals surface area contributed by atoms with Crippen molar-refractivity contribution in [3.8, 4) is 5.75 Å². The summed E-state index contributed by atoms with van der Waals surface area (Å²) >= 11 is 3.35. The molecule has 0 atom stereocenters. The number of aryl methyl sites for hydroxylation is 2. The second kappa shape index (κ2) is 11.8. The first-order valence-electron chi connectivity index (χ1n) is 9.55. The fourth-order valence-electron chi connectivity index (χ4n) is 2.44. The molecule has 2 rings (SSSR count). The molecule has 0 aliphatic rings. The Hall–Kier alpha value is -3.20. The molecule has 0 saturated carbocycles. The first-order valence-corrected chi connectivity index (χ1v) is 10.3. The van der Waals surface area contributed by atoms with Crippen LogP contribution in [0.25, 0.3) is 0 Å². The van der Waals surface area contributed by atoms with Crippen LogP contribution in [0.2, 0.25) is 0 Å². The standard InChI is InChI=1S/C22H24BrN3O5/c1-4-30-22(29)13-31-19-8-6-16(10-18(19)23)12-24-26-21(28)11-20(27)25-17-7-5-14(2)15(3)9-17/h5-10,12H,4,11,13H2,1-3H3,(H,25,27)(H,26,28). The van der Waals surface area contributed by atoms with Crippen molar-refractivity contribution >= 4 is 45.6 Å². The number of amides is 2. The van der Waals surface area contributed by atoms with Gasteiger partial charge in [-0.15, -0.1) is 0 Å². The molecule has 0 spiro atoms. The Morgan fingerprint density at radius 2 is 1.84 bits per heavy atom. The minimum absolute atomic E-state index is 0.194. The molecule has 164 valence electrons. The summed E-state index contributed by atoms with van der Waals surface area (Å²) in [5.74, 6) is -0.950. The van der Waals surface area contributed by atoms with Gasteiger partial charge in [-0.25, -0.2) is 10.2 Å². The summed E-state index contributed by atoms with van der Waals surface area (Å²) in [6.45, 7) is 5.74. The maximum absolute atomic E-state index is 12.0. The van der Waals surface area contributed by atoms with Gasteiger partial charge in [0.1, 0.15) is 12.2 Å². The van der Waals surface area contributed by atoms with E-state index >= 15 is 0 Å². The van der Waals surface area contributed by atoms with Crippen LogP contribution in [0.4, 0.5) is 5.69 Å². The highest BCUT2D eigenvalue weighted by atomic mass is 79.9. The normalized spacial score (nSPS) is 10.6. The predicted molar refractivity (Wildman–Crippen MR) is 121 cm³/mol. The Kier molecular flexibility index (Phi) is 9.20. The third-order valence-corrected chi connectivity index (χ3v) is 4.74. The molecule has 8 nitrogen and oxygen atoms in total. The fraction of sp³-hybridized carbons (Fsp3) is 0.273. The predicted octanol–water partition coefficient (Wildman–Crippen LogP) is 3.49. The summed E-state index contributed by atoms with van der Waals surface area (Å²) in [6, 6.07) is 10.6. The first-order chi connectivity index (χ1) is 14.8. The summed E-state index contributed by atoms with van der Waals surface area (Å²) in [5, 5.41) is 6.54. The molecule has 0 aliphatic carbocycles. The molecule has 2 amide bonds. The summed E-state index contributed by atoms with van der Waals surface area (Å²) in [7, 11) is 0. The van der Waals surface area contributed by atoms with Gasteiger partial charge in [-0.1, -0.05) is 6.07 Å². The van der Waals surface area contributed by atoms with E-state index in [0.717, 1.165) is 11.1 Å². The Morgan fingerprint density at radius 3 is 2.52 bits per heavy atom. The molecule has 0 saturated heterocycles. The van der Waals surface area contributed by atoms with Gasteiger partial charge in [0, 0.05) is 5.69 Å². The topological polar surface area (TPSA) is 106 Å². The summed E-state index contributed by atoms with van der Waals surface area (Å²) in [5.41, 5.74) is 5.80. The van der Waals surface area contributed by atoms with Crippen molar-refractivity contribution in [2.75, 3.05) is 18.5 Å². The largest absolute Gasteiger partial charge is 0.481 e. The maximum atomic E-state index is 12.0. The number of carbonyl (C=O) groups is 3. The van der Waals surface area contributed by atoms with Gasteiger partial charge in [0.05, 0.1) is 17.3 Å². The SMILES string of the molecule is CCOC(=O)COc1ccc(C=NNC(=O)CC(=O)Nc2ccc(C)c(C)c2)cc1Br. The highest BCUT2D eigenvalue weighted by Crippen LogP contribution is 2.25. The lowest BCUT2D eigenvalue weighted by atomic mass is 10.1. The van der Waals surface area contributed by atoms with Crippen molar-refractivity contribution in [1.82, 2.24) is 5.43 Å². The molecular formula is C22H24BrN3O5. The van der Waals surface area contributed by atoms with Crippen LogP contribution in [-0.4, -0.2) is 37.2 Å². The van der Waals surface area contributed by atoms with Crippen molar-refractivity contribution in [1.29, 1.82) is 0 Å². The Labute approximate surface area is 189 Å². The quantitative estimate of drug-likeness (QED) is 0.242. The highest BCUT2D eigenvalue weighted by molar-refractivity contribution is 9.10. The monoisotopic (exact) mass is 489 g/mol. The number of anilines is 1. The van der Waals surface area contributed by atoms with E-state index in [1.54, 1.807) is 31.2 Å². The Morgan fingerprint density at radius 1 is 1.06 bits per heavy atom. The van der Waals surface area contributed by atoms with Crippen molar-refractivity contribution in [3.05, 3.63) is 57.6 Å². The number of hydrazone groups is 1. The number of carbonyl (C=O) groups excluding carboxylic acids is 3.